The number of furan rings is 1. The van der Waals surface area contributed by atoms with Gasteiger partial charge in [0.1, 0.15) is 23.9 Å². The van der Waals surface area contributed by atoms with Crippen LogP contribution in [0, 0.1) is 5.82 Å². The van der Waals surface area contributed by atoms with E-state index in [1.807, 2.05) is 18.2 Å². The van der Waals surface area contributed by atoms with Crippen molar-refractivity contribution in [2.45, 2.75) is 19.7 Å². The maximum atomic E-state index is 13.7. The van der Waals surface area contributed by atoms with Gasteiger partial charge >= 0.3 is 0 Å². The van der Waals surface area contributed by atoms with Crippen molar-refractivity contribution in [3.8, 4) is 5.75 Å². The van der Waals surface area contributed by atoms with E-state index in [-0.39, 0.29) is 24.8 Å². The van der Waals surface area contributed by atoms with E-state index < -0.39 is 0 Å². The highest BCUT2D eigenvalue weighted by molar-refractivity contribution is 6.30. The normalized spacial score (nSPS) is 10.3. The second kappa shape index (κ2) is 9.47. The van der Waals surface area contributed by atoms with Crippen LogP contribution in [-0.4, -0.2) is 0 Å². The summed E-state index contributed by atoms with van der Waals surface area (Å²) in [5.41, 5.74) is 1.42. The number of hydrogen-bond donors (Lipinski definition) is 1. The molecule has 0 bridgehead atoms. The fourth-order valence-corrected chi connectivity index (χ4v) is 2.53. The van der Waals surface area contributed by atoms with Crippen LogP contribution in [0.1, 0.15) is 16.9 Å². The number of hydrogen-bond acceptors (Lipinski definition) is 3. The summed E-state index contributed by atoms with van der Waals surface area (Å²) in [5, 5.41) is 3.90. The molecule has 2 aromatic carbocycles. The Balaban J connectivity index is 0.00000225. The standard InChI is InChI=1S/C19H17ClFNO2.ClH/c20-16-7-8-19(24-13-14-4-1-2-6-18(14)21)15(10-16)11-22-12-17-5-3-9-23-17;/h1-10,22H,11-13H2;1H. The van der Waals surface area contributed by atoms with Crippen LogP contribution in [0.5, 0.6) is 5.75 Å². The highest BCUT2D eigenvalue weighted by Crippen LogP contribution is 2.24. The molecule has 0 aliphatic carbocycles. The smallest absolute Gasteiger partial charge is 0.129 e. The number of benzene rings is 2. The zero-order valence-corrected chi connectivity index (χ0v) is 14.9. The summed E-state index contributed by atoms with van der Waals surface area (Å²) in [6, 6.07) is 15.7. The molecule has 1 N–H and O–H groups in total. The molecule has 1 heterocycles. The number of nitrogens with one attached hydrogen (secondary N) is 1. The van der Waals surface area contributed by atoms with Crippen molar-refractivity contribution in [3.63, 3.8) is 0 Å². The van der Waals surface area contributed by atoms with E-state index in [4.69, 9.17) is 20.8 Å². The summed E-state index contributed by atoms with van der Waals surface area (Å²) in [6.45, 7) is 1.33. The Morgan fingerprint density at radius 2 is 1.84 bits per heavy atom. The predicted molar refractivity (Wildman–Crippen MR) is 98.7 cm³/mol. The zero-order valence-electron chi connectivity index (χ0n) is 13.4. The fourth-order valence-electron chi connectivity index (χ4n) is 2.33. The van der Waals surface area contributed by atoms with Gasteiger partial charge in [-0.05, 0) is 36.4 Å². The van der Waals surface area contributed by atoms with Crippen LogP contribution in [-0.2, 0) is 19.7 Å². The Morgan fingerprint density at radius 3 is 2.60 bits per heavy atom. The van der Waals surface area contributed by atoms with Gasteiger partial charge in [-0.1, -0.05) is 29.8 Å². The molecule has 132 valence electrons. The number of halogens is 3. The lowest BCUT2D eigenvalue weighted by atomic mass is 10.2. The van der Waals surface area contributed by atoms with E-state index in [2.05, 4.69) is 5.32 Å². The van der Waals surface area contributed by atoms with Crippen molar-refractivity contribution < 1.29 is 13.5 Å². The van der Waals surface area contributed by atoms with Crippen LogP contribution in [0.3, 0.4) is 0 Å². The number of ether oxygens (including phenoxy) is 1. The van der Waals surface area contributed by atoms with Crippen molar-refractivity contribution in [3.05, 3.63) is 88.6 Å². The average molecular weight is 382 g/mol. The van der Waals surface area contributed by atoms with Crippen molar-refractivity contribution in [1.82, 2.24) is 5.32 Å². The van der Waals surface area contributed by atoms with E-state index in [9.17, 15) is 4.39 Å². The Bertz CT molecular complexity index is 794. The molecule has 0 saturated heterocycles. The second-order valence-corrected chi connectivity index (χ2v) is 5.75. The van der Waals surface area contributed by atoms with Crippen LogP contribution in [0.25, 0.3) is 0 Å². The highest BCUT2D eigenvalue weighted by Gasteiger charge is 2.08. The van der Waals surface area contributed by atoms with Crippen LogP contribution in [0.2, 0.25) is 5.02 Å². The predicted octanol–water partition coefficient (Wildman–Crippen LogP) is 5.36. The van der Waals surface area contributed by atoms with Gasteiger partial charge < -0.3 is 14.5 Å². The Morgan fingerprint density at radius 1 is 1.00 bits per heavy atom. The molecule has 3 rings (SSSR count). The molecule has 25 heavy (non-hydrogen) atoms. The van der Waals surface area contributed by atoms with E-state index in [0.717, 1.165) is 11.3 Å². The summed E-state index contributed by atoms with van der Waals surface area (Å²) in [7, 11) is 0. The summed E-state index contributed by atoms with van der Waals surface area (Å²) in [6.07, 6.45) is 1.64. The third-order valence-corrected chi connectivity index (χ3v) is 3.79. The molecule has 0 unspecified atom stereocenters. The molecule has 0 spiro atoms. The van der Waals surface area contributed by atoms with Crippen molar-refractivity contribution in [2.75, 3.05) is 0 Å². The van der Waals surface area contributed by atoms with Gasteiger partial charge in [-0.25, -0.2) is 4.39 Å². The molecule has 0 saturated carbocycles. The first-order chi connectivity index (χ1) is 11.7. The number of rotatable bonds is 7. The van der Waals surface area contributed by atoms with Crippen LogP contribution in [0.15, 0.2) is 65.3 Å². The summed E-state index contributed by atoms with van der Waals surface area (Å²) in [5.74, 6) is 1.25. The van der Waals surface area contributed by atoms with E-state index in [1.54, 1.807) is 36.6 Å². The summed E-state index contributed by atoms with van der Waals surface area (Å²) >= 11 is 6.08. The molecule has 0 fully saturated rings. The van der Waals surface area contributed by atoms with Crippen molar-refractivity contribution in [2.24, 2.45) is 0 Å². The first kappa shape index (κ1) is 19.3. The minimum absolute atomic E-state index is 0. The Hall–Kier alpha value is -2.01. The van der Waals surface area contributed by atoms with E-state index >= 15 is 0 Å². The van der Waals surface area contributed by atoms with Gasteiger partial charge in [-0.2, -0.15) is 0 Å². The van der Waals surface area contributed by atoms with Gasteiger partial charge in [0, 0.05) is 22.7 Å². The topological polar surface area (TPSA) is 34.4 Å². The molecule has 0 amide bonds. The lowest BCUT2D eigenvalue weighted by Gasteiger charge is -2.13. The van der Waals surface area contributed by atoms with Crippen LogP contribution < -0.4 is 10.1 Å². The first-order valence-corrected chi connectivity index (χ1v) is 7.98. The molecule has 0 aliphatic rings. The van der Waals surface area contributed by atoms with E-state index in [0.29, 0.717) is 29.4 Å². The van der Waals surface area contributed by atoms with Gasteiger partial charge in [-0.15, -0.1) is 12.4 Å². The monoisotopic (exact) mass is 381 g/mol. The lowest BCUT2D eigenvalue weighted by molar-refractivity contribution is 0.296. The molecular formula is C19H18Cl2FNO2. The molecule has 6 heteroatoms. The summed E-state index contributed by atoms with van der Waals surface area (Å²) in [4.78, 5) is 0. The third-order valence-electron chi connectivity index (χ3n) is 3.56. The summed E-state index contributed by atoms with van der Waals surface area (Å²) < 4.78 is 24.8. The quantitative estimate of drug-likeness (QED) is 0.597. The zero-order chi connectivity index (χ0) is 16.8. The van der Waals surface area contributed by atoms with Gasteiger partial charge in [0.05, 0.1) is 12.8 Å². The minimum Gasteiger partial charge on any atom is -0.488 e. The second-order valence-electron chi connectivity index (χ2n) is 5.32. The van der Waals surface area contributed by atoms with Crippen LogP contribution in [0.4, 0.5) is 4.39 Å². The SMILES string of the molecule is Cl.Fc1ccccc1COc1ccc(Cl)cc1CNCc1ccco1. The Kier molecular flexibility index (Phi) is 7.31. The van der Waals surface area contributed by atoms with Gasteiger partial charge in [0.25, 0.3) is 0 Å². The van der Waals surface area contributed by atoms with Crippen molar-refractivity contribution in [1.29, 1.82) is 0 Å². The molecule has 3 aromatic rings. The molecule has 0 atom stereocenters. The molecule has 3 nitrogen and oxygen atoms in total. The van der Waals surface area contributed by atoms with E-state index in [1.165, 1.54) is 6.07 Å². The molecular weight excluding hydrogens is 364 g/mol. The Labute approximate surface area is 157 Å². The molecule has 0 radical (unpaired) electrons. The maximum absolute atomic E-state index is 13.7. The van der Waals surface area contributed by atoms with Crippen LogP contribution >= 0.6 is 24.0 Å². The van der Waals surface area contributed by atoms with Gasteiger partial charge in [0.15, 0.2) is 0 Å². The van der Waals surface area contributed by atoms with Gasteiger partial charge in [-0.3, -0.25) is 0 Å². The van der Waals surface area contributed by atoms with Gasteiger partial charge in [0.2, 0.25) is 0 Å². The van der Waals surface area contributed by atoms with Crippen molar-refractivity contribution >= 4 is 24.0 Å². The third kappa shape index (κ3) is 5.49. The largest absolute Gasteiger partial charge is 0.488 e. The highest BCUT2D eigenvalue weighted by atomic mass is 35.5. The molecule has 0 aliphatic heterocycles. The molecule has 1 aromatic heterocycles. The first-order valence-electron chi connectivity index (χ1n) is 7.60. The lowest BCUT2D eigenvalue weighted by Crippen LogP contribution is -2.13. The maximum Gasteiger partial charge on any atom is 0.129 e. The average Bonchev–Trinajstić information content (AvgIpc) is 3.09. The fraction of sp³-hybridized carbons (Fsp3) is 0.158. The minimum atomic E-state index is -0.274.